The van der Waals surface area contributed by atoms with Crippen LogP contribution in [-0.2, 0) is 10.3 Å². The number of hydrogen-bond acceptors (Lipinski definition) is 4. The van der Waals surface area contributed by atoms with Gasteiger partial charge in [-0.2, -0.15) is 0 Å². The molecule has 0 aromatic carbocycles. The minimum Gasteiger partial charge on any atom is -0.345 e. The van der Waals surface area contributed by atoms with Gasteiger partial charge in [-0.1, -0.05) is 0 Å². The maximum atomic E-state index is 13.0. The predicted molar refractivity (Wildman–Crippen MR) is 87.6 cm³/mol. The van der Waals surface area contributed by atoms with E-state index in [9.17, 15) is 4.79 Å². The summed E-state index contributed by atoms with van der Waals surface area (Å²) in [7, 11) is 3.73. The van der Waals surface area contributed by atoms with Crippen molar-refractivity contribution in [2.45, 2.75) is 18.9 Å². The monoisotopic (exact) mass is 370 g/mol. The molecule has 1 amide bonds. The number of amides is 1. The van der Waals surface area contributed by atoms with Crippen LogP contribution in [0.15, 0.2) is 15.9 Å². The first kappa shape index (κ1) is 15.0. The van der Waals surface area contributed by atoms with Crippen LogP contribution in [0.1, 0.15) is 18.2 Å². The zero-order chi connectivity index (χ0) is 15.4. The summed E-state index contributed by atoms with van der Waals surface area (Å²) < 4.78 is 1.02. The molecular formula is C14H19BrN4OS. The number of halogens is 1. The average molecular weight is 371 g/mol. The summed E-state index contributed by atoms with van der Waals surface area (Å²) in [5.74, 6) is 0.217. The van der Waals surface area contributed by atoms with E-state index in [-0.39, 0.29) is 11.9 Å². The second-order valence-electron chi connectivity index (χ2n) is 6.16. The number of carbonyl (C=O) groups is 1. The van der Waals surface area contributed by atoms with E-state index in [4.69, 9.17) is 5.41 Å². The highest BCUT2D eigenvalue weighted by atomic mass is 79.9. The van der Waals surface area contributed by atoms with Crippen molar-refractivity contribution in [3.63, 3.8) is 0 Å². The van der Waals surface area contributed by atoms with Crippen LogP contribution in [-0.4, -0.2) is 48.9 Å². The first-order valence-corrected chi connectivity index (χ1v) is 8.55. The summed E-state index contributed by atoms with van der Waals surface area (Å²) in [5, 5.41) is 13.4. The quantitative estimate of drug-likeness (QED) is 0.795. The molecule has 2 N–H and O–H groups in total. The van der Waals surface area contributed by atoms with Crippen LogP contribution in [0.4, 0.5) is 0 Å². The van der Waals surface area contributed by atoms with Crippen molar-refractivity contribution < 1.29 is 4.79 Å². The summed E-state index contributed by atoms with van der Waals surface area (Å²) >= 11 is 5.12. The zero-order valence-electron chi connectivity index (χ0n) is 12.4. The number of likely N-dealkylation sites (tertiary alicyclic amines) is 1. The zero-order valence-corrected chi connectivity index (χ0v) is 14.8. The minimum atomic E-state index is -0.547. The fourth-order valence-corrected chi connectivity index (χ4v) is 5.18. The van der Waals surface area contributed by atoms with E-state index in [0.717, 1.165) is 22.3 Å². The van der Waals surface area contributed by atoms with E-state index in [0.29, 0.717) is 6.54 Å². The predicted octanol–water partition coefficient (Wildman–Crippen LogP) is 2.04. The lowest BCUT2D eigenvalue weighted by molar-refractivity contribution is -0.144. The van der Waals surface area contributed by atoms with E-state index in [1.165, 1.54) is 4.90 Å². The Hall–Kier alpha value is -0.920. The Bertz CT molecular complexity index is 618. The lowest BCUT2D eigenvalue weighted by Crippen LogP contribution is -2.70. The molecule has 2 atom stereocenters. The molecular weight excluding hydrogens is 352 g/mol. The molecule has 0 saturated carbocycles. The highest BCUT2D eigenvalue weighted by Crippen LogP contribution is 2.51. The number of guanidine groups is 1. The van der Waals surface area contributed by atoms with Gasteiger partial charge in [0.1, 0.15) is 0 Å². The Kier molecular flexibility index (Phi) is 3.42. The Morgan fingerprint density at radius 1 is 1.48 bits per heavy atom. The van der Waals surface area contributed by atoms with E-state index in [2.05, 4.69) is 39.1 Å². The molecule has 3 heterocycles. The van der Waals surface area contributed by atoms with Crippen molar-refractivity contribution in [3.05, 3.63) is 20.8 Å². The van der Waals surface area contributed by atoms with E-state index in [1.54, 1.807) is 18.4 Å². The van der Waals surface area contributed by atoms with Crippen LogP contribution in [0.5, 0.6) is 0 Å². The van der Waals surface area contributed by atoms with Crippen molar-refractivity contribution in [1.82, 2.24) is 15.1 Å². The van der Waals surface area contributed by atoms with Gasteiger partial charge in [-0.25, -0.2) is 0 Å². The van der Waals surface area contributed by atoms with Crippen LogP contribution < -0.4 is 5.32 Å². The van der Waals surface area contributed by atoms with Crippen LogP contribution in [0.2, 0.25) is 0 Å². The van der Waals surface area contributed by atoms with E-state index in [1.807, 2.05) is 12.4 Å². The normalized spacial score (nSPS) is 33.8. The summed E-state index contributed by atoms with van der Waals surface area (Å²) in [4.78, 5) is 17.8. The van der Waals surface area contributed by atoms with E-state index >= 15 is 0 Å². The number of nitrogens with one attached hydrogen (secondary N) is 2. The minimum absolute atomic E-state index is 0.0441. The van der Waals surface area contributed by atoms with Gasteiger partial charge in [-0.3, -0.25) is 15.1 Å². The number of rotatable bonds is 1. The highest BCUT2D eigenvalue weighted by Gasteiger charge is 2.62. The maximum Gasteiger partial charge on any atom is 0.239 e. The smallest absolute Gasteiger partial charge is 0.239 e. The third-order valence-corrected chi connectivity index (χ3v) is 6.81. The van der Waals surface area contributed by atoms with Gasteiger partial charge >= 0.3 is 0 Å². The first-order valence-electron chi connectivity index (χ1n) is 6.88. The number of hydrogen-bond donors (Lipinski definition) is 2. The van der Waals surface area contributed by atoms with Gasteiger partial charge < -0.3 is 10.2 Å². The van der Waals surface area contributed by atoms with Crippen LogP contribution in [0.25, 0.3) is 0 Å². The SMILES string of the molecule is CN1CCC2(C1)C(=O)N(C)C(=N)N[C@]2(C)c1cc(Br)cs1. The topological polar surface area (TPSA) is 59.4 Å². The number of nitrogens with zero attached hydrogens (tertiary/aromatic N) is 2. The molecule has 5 nitrogen and oxygen atoms in total. The second-order valence-corrected chi connectivity index (χ2v) is 7.99. The van der Waals surface area contributed by atoms with Gasteiger partial charge in [0, 0.05) is 28.3 Å². The lowest BCUT2D eigenvalue weighted by Gasteiger charge is -2.51. The largest absolute Gasteiger partial charge is 0.345 e. The average Bonchev–Trinajstić information content (AvgIpc) is 3.03. The molecule has 1 aromatic rings. The first-order chi connectivity index (χ1) is 9.80. The molecule has 3 rings (SSSR count). The van der Waals surface area contributed by atoms with Crippen LogP contribution >= 0.6 is 27.3 Å². The molecule has 21 heavy (non-hydrogen) atoms. The lowest BCUT2D eigenvalue weighted by atomic mass is 9.66. The molecule has 1 aromatic heterocycles. The molecule has 0 bridgehead atoms. The maximum absolute atomic E-state index is 13.0. The highest BCUT2D eigenvalue weighted by molar-refractivity contribution is 9.10. The van der Waals surface area contributed by atoms with Crippen LogP contribution in [0, 0.1) is 10.8 Å². The molecule has 2 saturated heterocycles. The fourth-order valence-electron chi connectivity index (χ4n) is 3.53. The summed E-state index contributed by atoms with van der Waals surface area (Å²) in [6.07, 6.45) is 0.805. The van der Waals surface area contributed by atoms with Crippen molar-refractivity contribution in [3.8, 4) is 0 Å². The number of thiophene rings is 1. The van der Waals surface area contributed by atoms with Crippen LogP contribution in [0.3, 0.4) is 0 Å². The molecule has 1 unspecified atom stereocenters. The molecule has 0 aliphatic carbocycles. The summed E-state index contributed by atoms with van der Waals surface area (Å²) in [6, 6.07) is 2.06. The molecule has 2 aliphatic rings. The Morgan fingerprint density at radius 3 is 2.71 bits per heavy atom. The molecule has 1 spiro atoms. The standard InChI is InChI=1S/C14H19BrN4OS/c1-13(10-6-9(15)7-21-10)14(4-5-18(2)8-14)11(20)19(3)12(16)17-13/h6-7H,4-5,8H2,1-3H3,(H2,16,17)/t13-,14?/m1/s1. The summed E-state index contributed by atoms with van der Waals surface area (Å²) in [6.45, 7) is 3.67. The van der Waals surface area contributed by atoms with Crippen molar-refractivity contribution >= 4 is 39.1 Å². The van der Waals surface area contributed by atoms with Crippen molar-refractivity contribution in [2.75, 3.05) is 27.2 Å². The third kappa shape index (κ3) is 1.98. The molecule has 0 radical (unpaired) electrons. The Labute approximate surface area is 136 Å². The third-order valence-electron chi connectivity index (χ3n) is 4.90. The van der Waals surface area contributed by atoms with Gasteiger partial charge in [-0.05, 0) is 48.9 Å². The second kappa shape index (κ2) is 4.79. The molecule has 7 heteroatoms. The Morgan fingerprint density at radius 2 is 2.19 bits per heavy atom. The number of carbonyl (C=O) groups excluding carboxylic acids is 1. The van der Waals surface area contributed by atoms with Gasteiger partial charge in [0.2, 0.25) is 5.91 Å². The van der Waals surface area contributed by atoms with Crippen molar-refractivity contribution in [1.29, 1.82) is 5.41 Å². The molecule has 2 fully saturated rings. The van der Waals surface area contributed by atoms with Crippen molar-refractivity contribution in [2.24, 2.45) is 5.41 Å². The fraction of sp³-hybridized carbons (Fsp3) is 0.571. The van der Waals surface area contributed by atoms with Gasteiger partial charge in [0.25, 0.3) is 0 Å². The molecule has 114 valence electrons. The summed E-state index contributed by atoms with van der Waals surface area (Å²) in [5.41, 5.74) is -1.07. The van der Waals surface area contributed by atoms with Gasteiger partial charge in [-0.15, -0.1) is 11.3 Å². The van der Waals surface area contributed by atoms with Gasteiger partial charge in [0.05, 0.1) is 11.0 Å². The molecule has 2 aliphatic heterocycles. The Balaban J connectivity index is 2.15. The van der Waals surface area contributed by atoms with E-state index < -0.39 is 11.0 Å². The van der Waals surface area contributed by atoms with Gasteiger partial charge in [0.15, 0.2) is 5.96 Å².